The van der Waals surface area contributed by atoms with Crippen LogP contribution in [0.25, 0.3) is 0 Å². The molecule has 1 rings (SSSR count). The van der Waals surface area contributed by atoms with Crippen LogP contribution in [-0.4, -0.2) is 30.9 Å². The predicted molar refractivity (Wildman–Crippen MR) is 68.5 cm³/mol. The minimum atomic E-state index is -3.02. The number of halogens is 3. The molecule has 0 radical (unpaired) electrons. The fourth-order valence-corrected chi connectivity index (χ4v) is 1.62. The molecule has 0 heterocycles. The molecular formula is C13H13ClF2O4. The lowest BCUT2D eigenvalue weighted by Gasteiger charge is -2.11. The van der Waals surface area contributed by atoms with Crippen molar-refractivity contribution < 1.29 is 27.8 Å². The third-order valence-corrected chi connectivity index (χ3v) is 2.62. The van der Waals surface area contributed by atoms with Gasteiger partial charge in [0.05, 0.1) is 18.1 Å². The van der Waals surface area contributed by atoms with Gasteiger partial charge in [-0.2, -0.15) is 8.78 Å². The molecule has 7 heteroatoms. The van der Waals surface area contributed by atoms with Crippen LogP contribution in [0.2, 0.25) is 0 Å². The SMILES string of the molecule is CCOC(=O)c1ccc(OC(F)F)c(CC(=O)CCl)c1. The van der Waals surface area contributed by atoms with Crippen LogP contribution >= 0.6 is 11.6 Å². The Hall–Kier alpha value is -1.69. The highest BCUT2D eigenvalue weighted by Gasteiger charge is 2.16. The maximum Gasteiger partial charge on any atom is 0.387 e. The first kappa shape index (κ1) is 16.4. The van der Waals surface area contributed by atoms with Crippen LogP contribution in [0.15, 0.2) is 18.2 Å². The number of Topliss-reactive ketones (excluding diaryl/α,β-unsaturated/α-hetero) is 1. The second-order valence-electron chi connectivity index (χ2n) is 3.77. The second-order valence-corrected chi connectivity index (χ2v) is 4.04. The molecule has 0 aliphatic heterocycles. The van der Waals surface area contributed by atoms with E-state index in [2.05, 4.69) is 4.74 Å². The van der Waals surface area contributed by atoms with Gasteiger partial charge in [0.2, 0.25) is 0 Å². The molecule has 0 atom stereocenters. The van der Waals surface area contributed by atoms with Crippen LogP contribution in [0.5, 0.6) is 5.75 Å². The Morgan fingerprint density at radius 3 is 2.60 bits per heavy atom. The van der Waals surface area contributed by atoms with Gasteiger partial charge in [-0.1, -0.05) is 0 Å². The summed E-state index contributed by atoms with van der Waals surface area (Å²) in [6, 6.07) is 3.79. The number of rotatable bonds is 7. The zero-order valence-corrected chi connectivity index (χ0v) is 11.5. The molecule has 0 fully saturated rings. The Bertz CT molecular complexity index is 491. The molecule has 0 spiro atoms. The van der Waals surface area contributed by atoms with Crippen molar-refractivity contribution in [1.82, 2.24) is 0 Å². The fourth-order valence-electron chi connectivity index (χ4n) is 1.53. The van der Waals surface area contributed by atoms with Gasteiger partial charge in [-0.3, -0.25) is 4.79 Å². The summed E-state index contributed by atoms with van der Waals surface area (Å²) >= 11 is 5.38. The van der Waals surface area contributed by atoms with E-state index in [0.29, 0.717) is 0 Å². The summed E-state index contributed by atoms with van der Waals surface area (Å²) in [6.45, 7) is -1.19. The quantitative estimate of drug-likeness (QED) is 0.574. The number of carbonyl (C=O) groups excluding carboxylic acids is 2. The maximum atomic E-state index is 12.3. The molecule has 0 aliphatic carbocycles. The first-order chi connectivity index (χ1) is 9.47. The number of benzene rings is 1. The number of ether oxygens (including phenoxy) is 2. The van der Waals surface area contributed by atoms with Gasteiger partial charge in [0.1, 0.15) is 5.75 Å². The van der Waals surface area contributed by atoms with Crippen molar-refractivity contribution in [2.24, 2.45) is 0 Å². The molecule has 0 bridgehead atoms. The van der Waals surface area contributed by atoms with E-state index in [1.807, 2.05) is 0 Å². The fraction of sp³-hybridized carbons (Fsp3) is 0.385. The molecule has 0 N–H and O–H groups in total. The Labute approximate surface area is 119 Å². The highest BCUT2D eigenvalue weighted by molar-refractivity contribution is 6.27. The molecule has 20 heavy (non-hydrogen) atoms. The molecule has 0 unspecified atom stereocenters. The summed E-state index contributed by atoms with van der Waals surface area (Å²) < 4.78 is 33.7. The molecule has 1 aromatic carbocycles. The average Bonchev–Trinajstić information content (AvgIpc) is 2.40. The lowest BCUT2D eigenvalue weighted by Crippen LogP contribution is -2.11. The van der Waals surface area contributed by atoms with Crippen LogP contribution in [0, 0.1) is 0 Å². The van der Waals surface area contributed by atoms with Crippen LogP contribution in [0.1, 0.15) is 22.8 Å². The van der Waals surface area contributed by atoms with Gasteiger partial charge in [-0.05, 0) is 25.1 Å². The minimum absolute atomic E-state index is 0.158. The molecule has 110 valence electrons. The van der Waals surface area contributed by atoms with E-state index in [9.17, 15) is 18.4 Å². The molecule has 0 saturated carbocycles. The monoisotopic (exact) mass is 306 g/mol. The number of esters is 1. The smallest absolute Gasteiger partial charge is 0.387 e. The molecule has 0 aromatic heterocycles. The molecule has 0 saturated heterocycles. The summed E-state index contributed by atoms with van der Waals surface area (Å²) in [5.41, 5.74) is 0.326. The molecule has 4 nitrogen and oxygen atoms in total. The Morgan fingerprint density at radius 1 is 1.35 bits per heavy atom. The number of hydrogen-bond acceptors (Lipinski definition) is 4. The summed E-state index contributed by atoms with van der Waals surface area (Å²) in [5.74, 6) is -1.38. The Kier molecular flexibility index (Phi) is 6.38. The number of hydrogen-bond donors (Lipinski definition) is 0. The van der Waals surface area contributed by atoms with Crippen molar-refractivity contribution in [3.8, 4) is 5.75 Å². The van der Waals surface area contributed by atoms with Gasteiger partial charge in [0.15, 0.2) is 5.78 Å². The van der Waals surface area contributed by atoms with E-state index in [1.54, 1.807) is 6.92 Å². The first-order valence-electron chi connectivity index (χ1n) is 5.80. The molecular weight excluding hydrogens is 294 g/mol. The van der Waals surface area contributed by atoms with Gasteiger partial charge < -0.3 is 9.47 Å². The van der Waals surface area contributed by atoms with Crippen molar-refractivity contribution in [2.45, 2.75) is 20.0 Å². The van der Waals surface area contributed by atoms with Gasteiger partial charge in [0.25, 0.3) is 0 Å². The third-order valence-electron chi connectivity index (χ3n) is 2.32. The lowest BCUT2D eigenvalue weighted by atomic mass is 10.0. The highest BCUT2D eigenvalue weighted by Crippen LogP contribution is 2.23. The third kappa shape index (κ3) is 4.77. The second kappa shape index (κ2) is 7.79. The zero-order valence-electron chi connectivity index (χ0n) is 10.7. The predicted octanol–water partition coefficient (Wildman–Crippen LogP) is 2.82. The van der Waals surface area contributed by atoms with Crippen LogP contribution in [0.3, 0.4) is 0 Å². The molecule has 1 aromatic rings. The topological polar surface area (TPSA) is 52.6 Å². The van der Waals surface area contributed by atoms with E-state index >= 15 is 0 Å². The van der Waals surface area contributed by atoms with Crippen molar-refractivity contribution >= 4 is 23.4 Å². The summed E-state index contributed by atoms with van der Waals surface area (Å²) in [4.78, 5) is 22.9. The lowest BCUT2D eigenvalue weighted by molar-refractivity contribution is -0.116. The van der Waals surface area contributed by atoms with Crippen molar-refractivity contribution in [2.75, 3.05) is 12.5 Å². The van der Waals surface area contributed by atoms with Crippen molar-refractivity contribution in [3.05, 3.63) is 29.3 Å². The first-order valence-corrected chi connectivity index (χ1v) is 6.33. The maximum absolute atomic E-state index is 12.3. The van der Waals surface area contributed by atoms with E-state index in [4.69, 9.17) is 16.3 Å². The zero-order chi connectivity index (χ0) is 15.1. The van der Waals surface area contributed by atoms with Crippen molar-refractivity contribution in [1.29, 1.82) is 0 Å². The van der Waals surface area contributed by atoms with Crippen LogP contribution in [0.4, 0.5) is 8.78 Å². The summed E-state index contributed by atoms with van der Waals surface area (Å²) in [5, 5.41) is 0. The highest BCUT2D eigenvalue weighted by atomic mass is 35.5. The van der Waals surface area contributed by atoms with Crippen LogP contribution in [-0.2, 0) is 16.0 Å². The van der Waals surface area contributed by atoms with E-state index < -0.39 is 12.6 Å². The van der Waals surface area contributed by atoms with Crippen LogP contribution < -0.4 is 4.74 Å². The number of carbonyl (C=O) groups is 2. The number of ketones is 1. The van der Waals surface area contributed by atoms with E-state index in [-0.39, 0.29) is 41.6 Å². The average molecular weight is 307 g/mol. The molecule has 0 amide bonds. The Morgan fingerprint density at radius 2 is 2.05 bits per heavy atom. The van der Waals surface area contributed by atoms with Gasteiger partial charge >= 0.3 is 12.6 Å². The number of alkyl halides is 3. The Balaban J connectivity index is 3.07. The molecule has 0 aliphatic rings. The summed E-state index contributed by atoms with van der Waals surface area (Å²) in [6.07, 6.45) is -0.196. The largest absolute Gasteiger partial charge is 0.462 e. The van der Waals surface area contributed by atoms with Gasteiger partial charge in [-0.25, -0.2) is 4.79 Å². The van der Waals surface area contributed by atoms with Crippen molar-refractivity contribution in [3.63, 3.8) is 0 Å². The van der Waals surface area contributed by atoms with Gasteiger partial charge in [0, 0.05) is 12.0 Å². The standard InChI is InChI=1S/C13H13ClF2O4/c1-2-19-12(18)8-3-4-11(20-13(15)16)9(5-8)6-10(17)7-14/h3-5,13H,2,6-7H2,1H3. The van der Waals surface area contributed by atoms with E-state index in [0.717, 1.165) is 0 Å². The summed E-state index contributed by atoms with van der Waals surface area (Å²) in [7, 11) is 0. The normalized spacial score (nSPS) is 10.4. The minimum Gasteiger partial charge on any atom is -0.462 e. The van der Waals surface area contributed by atoms with E-state index in [1.165, 1.54) is 18.2 Å². The van der Waals surface area contributed by atoms with Gasteiger partial charge in [-0.15, -0.1) is 11.6 Å².